The second-order valence-electron chi connectivity index (χ2n) is 5.72. The molecule has 0 atom stereocenters. The first-order valence-electron chi connectivity index (χ1n) is 8.36. The van der Waals surface area contributed by atoms with E-state index in [0.29, 0.717) is 22.1 Å². The molecule has 0 aliphatic rings. The van der Waals surface area contributed by atoms with Gasteiger partial charge in [-0.3, -0.25) is 4.79 Å². The van der Waals surface area contributed by atoms with Crippen LogP contribution in [-0.2, 0) is 11.3 Å². The van der Waals surface area contributed by atoms with Gasteiger partial charge < -0.3 is 15.4 Å². The lowest BCUT2D eigenvalue weighted by molar-refractivity contribution is 0.0601. The number of para-hydroxylation sites is 1. The Bertz CT molecular complexity index is 993. The SMILES string of the molecule is COC(=O)c1ccccc1Nc1cnc(C(=O)NCc2ccccc2Cl)cn1. The van der Waals surface area contributed by atoms with Gasteiger partial charge in [-0.2, -0.15) is 0 Å². The highest BCUT2D eigenvalue weighted by Gasteiger charge is 2.13. The van der Waals surface area contributed by atoms with E-state index in [1.165, 1.54) is 19.5 Å². The molecule has 1 amide bonds. The van der Waals surface area contributed by atoms with Crippen LogP contribution in [0.1, 0.15) is 26.4 Å². The van der Waals surface area contributed by atoms with Crippen LogP contribution in [-0.4, -0.2) is 29.0 Å². The third-order valence-electron chi connectivity index (χ3n) is 3.88. The summed E-state index contributed by atoms with van der Waals surface area (Å²) < 4.78 is 4.76. The first kappa shape index (κ1) is 19.3. The van der Waals surface area contributed by atoms with Gasteiger partial charge in [-0.1, -0.05) is 41.9 Å². The fourth-order valence-corrected chi connectivity index (χ4v) is 2.64. The number of carbonyl (C=O) groups is 2. The van der Waals surface area contributed by atoms with E-state index in [4.69, 9.17) is 16.3 Å². The molecule has 2 aromatic carbocycles. The average molecular weight is 397 g/mol. The van der Waals surface area contributed by atoms with Crippen molar-refractivity contribution in [3.8, 4) is 0 Å². The molecular formula is C20H17ClN4O3. The second kappa shape index (κ2) is 8.96. The highest BCUT2D eigenvalue weighted by molar-refractivity contribution is 6.31. The fraction of sp³-hybridized carbons (Fsp3) is 0.100. The van der Waals surface area contributed by atoms with Crippen LogP contribution in [0.25, 0.3) is 0 Å². The molecule has 142 valence electrons. The predicted octanol–water partition coefficient (Wildman–Crippen LogP) is 3.59. The van der Waals surface area contributed by atoms with Gasteiger partial charge in [0.05, 0.1) is 30.8 Å². The molecule has 1 heterocycles. The quantitative estimate of drug-likeness (QED) is 0.618. The molecule has 0 saturated carbocycles. The summed E-state index contributed by atoms with van der Waals surface area (Å²) in [6, 6.07) is 14.1. The van der Waals surface area contributed by atoms with Crippen LogP contribution in [0.2, 0.25) is 5.02 Å². The Morgan fingerprint density at radius 1 is 1.04 bits per heavy atom. The largest absolute Gasteiger partial charge is 0.465 e. The Balaban J connectivity index is 1.66. The third-order valence-corrected chi connectivity index (χ3v) is 4.25. The zero-order valence-electron chi connectivity index (χ0n) is 15.0. The van der Waals surface area contributed by atoms with Gasteiger partial charge in [-0.25, -0.2) is 14.8 Å². The highest BCUT2D eigenvalue weighted by Crippen LogP contribution is 2.20. The van der Waals surface area contributed by atoms with Gasteiger partial charge in [0.25, 0.3) is 5.91 Å². The zero-order chi connectivity index (χ0) is 19.9. The number of rotatable bonds is 6. The molecule has 0 fully saturated rings. The molecule has 0 bridgehead atoms. The molecule has 0 aliphatic carbocycles. The van der Waals surface area contributed by atoms with E-state index in [1.807, 2.05) is 18.2 Å². The summed E-state index contributed by atoms with van der Waals surface area (Å²) in [4.78, 5) is 32.4. The smallest absolute Gasteiger partial charge is 0.339 e. The molecule has 0 spiro atoms. The van der Waals surface area contributed by atoms with Crippen molar-refractivity contribution in [1.82, 2.24) is 15.3 Å². The van der Waals surface area contributed by atoms with Gasteiger partial charge in [0.15, 0.2) is 0 Å². The normalized spacial score (nSPS) is 10.2. The van der Waals surface area contributed by atoms with Crippen LogP contribution in [0.5, 0.6) is 0 Å². The fourth-order valence-electron chi connectivity index (χ4n) is 2.44. The van der Waals surface area contributed by atoms with Crippen LogP contribution in [0, 0.1) is 0 Å². The van der Waals surface area contributed by atoms with Crippen LogP contribution < -0.4 is 10.6 Å². The summed E-state index contributed by atoms with van der Waals surface area (Å²) in [5, 5.41) is 6.33. The number of esters is 1. The van der Waals surface area contributed by atoms with Crippen molar-refractivity contribution in [1.29, 1.82) is 0 Å². The van der Waals surface area contributed by atoms with E-state index >= 15 is 0 Å². The Labute approximate surface area is 166 Å². The first-order valence-corrected chi connectivity index (χ1v) is 8.74. The maximum atomic E-state index is 12.2. The number of hydrogen-bond donors (Lipinski definition) is 2. The van der Waals surface area contributed by atoms with Crippen LogP contribution in [0.15, 0.2) is 60.9 Å². The molecule has 0 aliphatic heterocycles. The van der Waals surface area contributed by atoms with Crippen molar-refractivity contribution in [3.63, 3.8) is 0 Å². The van der Waals surface area contributed by atoms with E-state index in [9.17, 15) is 9.59 Å². The first-order chi connectivity index (χ1) is 13.6. The summed E-state index contributed by atoms with van der Waals surface area (Å²) in [6.45, 7) is 0.284. The lowest BCUT2D eigenvalue weighted by Crippen LogP contribution is -2.24. The lowest BCUT2D eigenvalue weighted by atomic mass is 10.2. The Hall–Kier alpha value is -3.45. The van der Waals surface area contributed by atoms with Crippen molar-refractivity contribution < 1.29 is 14.3 Å². The maximum absolute atomic E-state index is 12.2. The minimum atomic E-state index is -0.466. The number of anilines is 2. The number of benzene rings is 2. The molecule has 0 saturated heterocycles. The number of nitrogens with zero attached hydrogens (tertiary/aromatic N) is 2. The molecule has 1 aromatic heterocycles. The van der Waals surface area contributed by atoms with Crippen molar-refractivity contribution in [2.24, 2.45) is 0 Å². The summed E-state index contributed by atoms with van der Waals surface area (Å²) in [5.74, 6) is -0.445. The molecule has 28 heavy (non-hydrogen) atoms. The van der Waals surface area contributed by atoms with Gasteiger partial charge >= 0.3 is 5.97 Å². The summed E-state index contributed by atoms with van der Waals surface area (Å²) in [5.41, 5.74) is 1.87. The Morgan fingerprint density at radius 2 is 1.79 bits per heavy atom. The molecule has 0 unspecified atom stereocenters. The lowest BCUT2D eigenvalue weighted by Gasteiger charge is -2.10. The molecular weight excluding hydrogens is 380 g/mol. The molecule has 3 aromatic rings. The van der Waals surface area contributed by atoms with Gasteiger partial charge in [-0.05, 0) is 23.8 Å². The van der Waals surface area contributed by atoms with Crippen molar-refractivity contribution >= 4 is 35.0 Å². The number of carbonyl (C=O) groups excluding carboxylic acids is 2. The van der Waals surface area contributed by atoms with E-state index in [-0.39, 0.29) is 18.1 Å². The maximum Gasteiger partial charge on any atom is 0.339 e. The predicted molar refractivity (Wildman–Crippen MR) is 106 cm³/mol. The number of halogens is 1. The summed E-state index contributed by atoms with van der Waals surface area (Å²) in [6.07, 6.45) is 2.77. The van der Waals surface area contributed by atoms with E-state index < -0.39 is 5.97 Å². The second-order valence-corrected chi connectivity index (χ2v) is 6.13. The standard InChI is InChI=1S/C20H17ClN4O3/c1-28-20(27)14-7-3-5-9-16(14)25-18-12-22-17(11-23-18)19(26)24-10-13-6-2-4-8-15(13)21/h2-9,11-12H,10H2,1H3,(H,23,25)(H,24,26). The molecule has 0 radical (unpaired) electrons. The monoisotopic (exact) mass is 396 g/mol. The number of hydrogen-bond acceptors (Lipinski definition) is 6. The van der Waals surface area contributed by atoms with Crippen molar-refractivity contribution in [3.05, 3.63) is 82.8 Å². The topological polar surface area (TPSA) is 93.2 Å². The third kappa shape index (κ3) is 4.63. The van der Waals surface area contributed by atoms with Crippen LogP contribution in [0.4, 0.5) is 11.5 Å². The number of ether oxygens (including phenoxy) is 1. The van der Waals surface area contributed by atoms with Crippen LogP contribution in [0.3, 0.4) is 0 Å². The minimum Gasteiger partial charge on any atom is -0.465 e. The van der Waals surface area contributed by atoms with E-state index in [2.05, 4.69) is 20.6 Å². The number of aromatic nitrogens is 2. The zero-order valence-corrected chi connectivity index (χ0v) is 15.7. The molecule has 8 heteroatoms. The average Bonchev–Trinajstić information content (AvgIpc) is 2.73. The Morgan fingerprint density at radius 3 is 2.50 bits per heavy atom. The van der Waals surface area contributed by atoms with Crippen LogP contribution >= 0.6 is 11.6 Å². The van der Waals surface area contributed by atoms with Gasteiger partial charge in [0.1, 0.15) is 11.5 Å². The van der Waals surface area contributed by atoms with Gasteiger partial charge in [0.2, 0.25) is 0 Å². The van der Waals surface area contributed by atoms with E-state index in [0.717, 1.165) is 5.56 Å². The summed E-state index contributed by atoms with van der Waals surface area (Å²) >= 11 is 6.08. The number of amides is 1. The molecule has 7 nitrogen and oxygen atoms in total. The van der Waals surface area contributed by atoms with Gasteiger partial charge in [0, 0.05) is 11.6 Å². The van der Waals surface area contributed by atoms with E-state index in [1.54, 1.807) is 30.3 Å². The molecule has 3 rings (SSSR count). The number of nitrogens with one attached hydrogen (secondary N) is 2. The summed E-state index contributed by atoms with van der Waals surface area (Å²) in [7, 11) is 1.31. The highest BCUT2D eigenvalue weighted by atomic mass is 35.5. The Kier molecular flexibility index (Phi) is 6.18. The van der Waals surface area contributed by atoms with Crippen molar-refractivity contribution in [2.75, 3.05) is 12.4 Å². The molecule has 2 N–H and O–H groups in total. The van der Waals surface area contributed by atoms with Crippen molar-refractivity contribution in [2.45, 2.75) is 6.54 Å². The number of methoxy groups -OCH3 is 1. The van der Waals surface area contributed by atoms with Gasteiger partial charge in [-0.15, -0.1) is 0 Å². The minimum absolute atomic E-state index is 0.166.